The third kappa shape index (κ3) is 1.28. The molecule has 0 aliphatic rings. The molecule has 14 heavy (non-hydrogen) atoms. The van der Waals surface area contributed by atoms with Crippen LogP contribution in [0, 0.1) is 0 Å². The maximum atomic E-state index is 10.9. The van der Waals surface area contributed by atoms with Gasteiger partial charge in [-0.1, -0.05) is 11.6 Å². The van der Waals surface area contributed by atoms with Crippen LogP contribution < -0.4 is 0 Å². The molecule has 0 radical (unpaired) electrons. The monoisotopic (exact) mass is 271 g/mol. The van der Waals surface area contributed by atoms with E-state index >= 15 is 0 Å². The van der Waals surface area contributed by atoms with Crippen LogP contribution in [0.25, 0.3) is 10.9 Å². The van der Waals surface area contributed by atoms with Crippen LogP contribution in [0.4, 0.5) is 0 Å². The molecule has 2 rings (SSSR count). The highest BCUT2D eigenvalue weighted by Crippen LogP contribution is 2.29. The van der Waals surface area contributed by atoms with E-state index in [-0.39, 0.29) is 0 Å². The van der Waals surface area contributed by atoms with Crippen LogP contribution in [-0.2, 0) is 7.05 Å². The van der Waals surface area contributed by atoms with Crippen molar-refractivity contribution in [3.8, 4) is 0 Å². The van der Waals surface area contributed by atoms with Crippen LogP contribution in [0.15, 0.2) is 22.8 Å². The Labute approximate surface area is 94.6 Å². The summed E-state index contributed by atoms with van der Waals surface area (Å²) in [6, 6.07) is 5.51. The van der Waals surface area contributed by atoms with E-state index < -0.39 is 0 Å². The number of nitrogens with zero attached hydrogens (tertiary/aromatic N) is 1. The summed E-state index contributed by atoms with van der Waals surface area (Å²) in [5, 5.41) is 1.51. The molecular weight excluding hydrogens is 265 g/mol. The van der Waals surface area contributed by atoms with Crippen molar-refractivity contribution in [3.63, 3.8) is 0 Å². The Morgan fingerprint density at radius 2 is 2.21 bits per heavy atom. The lowest BCUT2D eigenvalue weighted by Crippen LogP contribution is -1.86. The first-order valence-corrected chi connectivity index (χ1v) is 5.21. The topological polar surface area (TPSA) is 22.0 Å². The second-order valence-electron chi connectivity index (χ2n) is 3.04. The van der Waals surface area contributed by atoms with Gasteiger partial charge in [-0.3, -0.25) is 4.79 Å². The fourth-order valence-corrected chi connectivity index (χ4v) is 2.20. The van der Waals surface area contributed by atoms with Crippen molar-refractivity contribution in [2.45, 2.75) is 0 Å². The number of fused-ring (bicyclic) bond motifs is 1. The van der Waals surface area contributed by atoms with Gasteiger partial charge in [0.25, 0.3) is 0 Å². The Balaban J connectivity index is 2.96. The summed E-state index contributed by atoms with van der Waals surface area (Å²) in [6.07, 6.45) is 0.836. The Morgan fingerprint density at radius 3 is 2.86 bits per heavy atom. The van der Waals surface area contributed by atoms with Crippen LogP contribution >= 0.6 is 27.5 Å². The van der Waals surface area contributed by atoms with E-state index in [1.54, 1.807) is 6.07 Å². The summed E-state index contributed by atoms with van der Waals surface area (Å²) in [7, 11) is 1.90. The molecular formula is C10H7BrClNO. The summed E-state index contributed by atoms with van der Waals surface area (Å²) in [5.41, 5.74) is 1.63. The van der Waals surface area contributed by atoms with E-state index in [9.17, 15) is 4.79 Å². The van der Waals surface area contributed by atoms with E-state index in [1.807, 2.05) is 23.7 Å². The number of rotatable bonds is 1. The van der Waals surface area contributed by atoms with Gasteiger partial charge in [0.05, 0.1) is 10.2 Å². The Morgan fingerprint density at radius 1 is 1.50 bits per heavy atom. The molecule has 1 heterocycles. The van der Waals surface area contributed by atoms with Crippen molar-refractivity contribution < 1.29 is 4.79 Å². The van der Waals surface area contributed by atoms with Gasteiger partial charge in [0.1, 0.15) is 0 Å². The molecule has 1 aromatic carbocycles. The highest BCUT2D eigenvalue weighted by Gasteiger charge is 2.12. The van der Waals surface area contributed by atoms with Crippen molar-refractivity contribution in [3.05, 3.63) is 33.4 Å². The number of halogens is 2. The number of carbonyl (C=O) groups is 1. The zero-order chi connectivity index (χ0) is 10.3. The molecule has 72 valence electrons. The molecule has 0 aliphatic heterocycles. The van der Waals surface area contributed by atoms with Gasteiger partial charge < -0.3 is 4.57 Å². The summed E-state index contributed by atoms with van der Waals surface area (Å²) >= 11 is 9.24. The molecule has 0 saturated heterocycles. The lowest BCUT2D eigenvalue weighted by molar-refractivity contribution is 0.112. The molecule has 2 aromatic rings. The Bertz CT molecular complexity index is 518. The number of aldehydes is 1. The molecule has 2 nitrogen and oxygen atoms in total. The van der Waals surface area contributed by atoms with Gasteiger partial charge in [-0.05, 0) is 34.1 Å². The minimum absolute atomic E-state index is 0.638. The van der Waals surface area contributed by atoms with Gasteiger partial charge in [-0.2, -0.15) is 0 Å². The summed E-state index contributed by atoms with van der Waals surface area (Å²) in [5.74, 6) is 0. The molecule has 0 saturated carbocycles. The van der Waals surface area contributed by atoms with E-state index in [0.29, 0.717) is 10.6 Å². The average Bonchev–Trinajstić information content (AvgIpc) is 2.39. The minimum Gasteiger partial charge on any atom is -0.338 e. The van der Waals surface area contributed by atoms with Crippen molar-refractivity contribution in [2.24, 2.45) is 7.05 Å². The first-order chi connectivity index (χ1) is 6.65. The minimum atomic E-state index is 0.638. The standard InChI is InChI=1S/C10H7BrClNO/c1-13-9-3-2-6(12)4-7(9)8(5-14)10(13)11/h2-5H,1H3. The lowest BCUT2D eigenvalue weighted by atomic mass is 10.2. The zero-order valence-corrected chi connectivity index (χ0v) is 9.76. The number of benzene rings is 1. The first kappa shape index (κ1) is 9.74. The van der Waals surface area contributed by atoms with Gasteiger partial charge in [0.15, 0.2) is 6.29 Å². The third-order valence-corrected chi connectivity index (χ3v) is 3.44. The lowest BCUT2D eigenvalue weighted by Gasteiger charge is -1.96. The predicted molar refractivity (Wildman–Crippen MR) is 61.0 cm³/mol. The smallest absolute Gasteiger partial charge is 0.153 e. The predicted octanol–water partition coefficient (Wildman–Crippen LogP) is 3.41. The number of carbonyl (C=O) groups excluding carboxylic acids is 1. The molecule has 0 aliphatic carbocycles. The first-order valence-electron chi connectivity index (χ1n) is 4.03. The number of aryl methyl sites for hydroxylation is 1. The van der Waals surface area contributed by atoms with Crippen LogP contribution in [0.3, 0.4) is 0 Å². The zero-order valence-electron chi connectivity index (χ0n) is 7.42. The second kappa shape index (κ2) is 3.41. The number of hydrogen-bond acceptors (Lipinski definition) is 1. The molecule has 4 heteroatoms. The normalized spacial score (nSPS) is 10.8. The number of hydrogen-bond donors (Lipinski definition) is 0. The SMILES string of the molecule is Cn1c(Br)c(C=O)c2cc(Cl)ccc21. The maximum Gasteiger partial charge on any atom is 0.153 e. The van der Waals surface area contributed by atoms with Crippen molar-refractivity contribution in [1.29, 1.82) is 0 Å². The van der Waals surface area contributed by atoms with Gasteiger partial charge in [-0.25, -0.2) is 0 Å². The summed E-state index contributed by atoms with van der Waals surface area (Å²) < 4.78 is 2.69. The molecule has 0 amide bonds. The molecule has 0 bridgehead atoms. The van der Waals surface area contributed by atoms with E-state index in [4.69, 9.17) is 11.6 Å². The maximum absolute atomic E-state index is 10.9. The summed E-state index contributed by atoms with van der Waals surface area (Å²) in [6.45, 7) is 0. The molecule has 0 fully saturated rings. The molecule has 0 unspecified atom stereocenters. The van der Waals surface area contributed by atoms with Gasteiger partial charge in [-0.15, -0.1) is 0 Å². The quantitative estimate of drug-likeness (QED) is 0.729. The average molecular weight is 273 g/mol. The summed E-state index contributed by atoms with van der Waals surface area (Å²) in [4.78, 5) is 10.9. The van der Waals surface area contributed by atoms with E-state index in [0.717, 1.165) is 21.8 Å². The van der Waals surface area contributed by atoms with Crippen molar-refractivity contribution >= 4 is 44.7 Å². The van der Waals surface area contributed by atoms with Gasteiger partial charge in [0.2, 0.25) is 0 Å². The molecule has 1 aromatic heterocycles. The van der Waals surface area contributed by atoms with Crippen LogP contribution in [0.1, 0.15) is 10.4 Å². The molecule has 0 N–H and O–H groups in total. The fraction of sp³-hybridized carbons (Fsp3) is 0.100. The van der Waals surface area contributed by atoms with Crippen LogP contribution in [0.2, 0.25) is 5.02 Å². The molecule has 0 atom stereocenters. The van der Waals surface area contributed by atoms with Gasteiger partial charge in [0, 0.05) is 23.0 Å². The highest BCUT2D eigenvalue weighted by molar-refractivity contribution is 9.10. The Kier molecular flexibility index (Phi) is 2.37. The highest BCUT2D eigenvalue weighted by atomic mass is 79.9. The third-order valence-electron chi connectivity index (χ3n) is 2.24. The van der Waals surface area contributed by atoms with Gasteiger partial charge >= 0.3 is 0 Å². The largest absolute Gasteiger partial charge is 0.338 e. The van der Waals surface area contributed by atoms with Crippen LogP contribution in [0.5, 0.6) is 0 Å². The fourth-order valence-electron chi connectivity index (χ4n) is 1.53. The van der Waals surface area contributed by atoms with Crippen molar-refractivity contribution in [1.82, 2.24) is 4.57 Å². The van der Waals surface area contributed by atoms with E-state index in [2.05, 4.69) is 15.9 Å². The molecule has 0 spiro atoms. The number of aromatic nitrogens is 1. The van der Waals surface area contributed by atoms with Crippen LogP contribution in [-0.4, -0.2) is 10.9 Å². The van der Waals surface area contributed by atoms with E-state index in [1.165, 1.54) is 0 Å². The Hall–Kier alpha value is -0.800. The second-order valence-corrected chi connectivity index (χ2v) is 4.23. The van der Waals surface area contributed by atoms with Crippen molar-refractivity contribution in [2.75, 3.05) is 0 Å².